The van der Waals surface area contributed by atoms with Crippen molar-refractivity contribution in [2.24, 2.45) is 5.73 Å². The van der Waals surface area contributed by atoms with Gasteiger partial charge in [-0.05, 0) is 68.5 Å². The van der Waals surface area contributed by atoms with Crippen LogP contribution in [0.15, 0.2) is 60.7 Å². The number of methoxy groups -OCH3 is 1. The van der Waals surface area contributed by atoms with Crippen molar-refractivity contribution in [3.63, 3.8) is 0 Å². The van der Waals surface area contributed by atoms with Gasteiger partial charge in [0.05, 0.1) is 84.3 Å². The highest BCUT2D eigenvalue weighted by atomic mass is 35.5. The molecule has 0 aliphatic carbocycles. The third-order valence-electron chi connectivity index (χ3n) is 12.5. The molecule has 3 aromatic rings. The highest BCUT2D eigenvalue weighted by Gasteiger charge is 2.29. The molecule has 0 saturated carbocycles. The highest BCUT2D eigenvalue weighted by molar-refractivity contribution is 6.35. The number of nitrogens with one attached hydrogen (secondary N) is 1. The molecule has 5 amide bonds. The molecule has 1 heterocycles. The van der Waals surface area contributed by atoms with Crippen LogP contribution in [-0.4, -0.2) is 152 Å². The molecular weight excluding hydrogens is 960 g/mol. The van der Waals surface area contributed by atoms with Crippen molar-refractivity contribution >= 4 is 69.8 Å². The normalized spacial score (nSPS) is 13.9. The summed E-state index contributed by atoms with van der Waals surface area (Å²) >= 11 is 6.46. The first kappa shape index (κ1) is 59.5. The molecule has 18 nitrogen and oxygen atoms in total. The van der Waals surface area contributed by atoms with Crippen LogP contribution in [0.4, 0.5) is 11.4 Å². The molecule has 3 N–H and O–H groups in total. The third kappa shape index (κ3) is 18.4. The first-order chi connectivity index (χ1) is 35.0. The molecule has 2 atom stereocenters. The van der Waals surface area contributed by atoms with Crippen LogP contribution in [0.5, 0.6) is 5.75 Å². The number of allylic oxidation sites excluding steroid dienone is 1. The minimum Gasteiger partial charge on any atom is -0.495 e. The maximum atomic E-state index is 13.5. The number of nitrogens with zero attached hydrogens (tertiary/aromatic N) is 4. The second kappa shape index (κ2) is 30.9. The van der Waals surface area contributed by atoms with Gasteiger partial charge in [0, 0.05) is 76.7 Å². The van der Waals surface area contributed by atoms with Crippen LogP contribution < -0.4 is 25.6 Å². The van der Waals surface area contributed by atoms with E-state index in [0.29, 0.717) is 94.3 Å². The monoisotopic (exact) mass is 1030 g/mol. The van der Waals surface area contributed by atoms with Gasteiger partial charge in [-0.3, -0.25) is 24.0 Å². The average molecular weight is 1040 g/mol. The number of likely N-dealkylation sites (N-methyl/N-ethyl adjacent to an activating group) is 2. The number of benzene rings is 3. The molecule has 1 aliphatic rings. The number of fused-ring (bicyclic) bond motifs is 2. The van der Waals surface area contributed by atoms with Crippen LogP contribution in [-0.2, 0) is 59.0 Å². The van der Waals surface area contributed by atoms with Gasteiger partial charge < -0.3 is 59.1 Å². The summed E-state index contributed by atoms with van der Waals surface area (Å²) in [6.07, 6.45) is 0.381. The number of halogens is 1. The molecule has 0 bridgehead atoms. The number of aryl methyl sites for hydroxylation is 1. The van der Waals surface area contributed by atoms with Crippen molar-refractivity contribution in [2.75, 3.05) is 104 Å². The van der Waals surface area contributed by atoms with Crippen molar-refractivity contribution in [3.05, 3.63) is 87.9 Å². The predicted octanol–water partition coefficient (Wildman–Crippen LogP) is 6.16. The fraction of sp³-hybridized carbons (Fsp3) is 0.519. The maximum absolute atomic E-state index is 13.5. The number of esters is 1. The highest BCUT2D eigenvalue weighted by Crippen LogP contribution is 2.37. The molecular formula is C54H75ClN6O12. The second-order valence-electron chi connectivity index (χ2n) is 17.8. The van der Waals surface area contributed by atoms with Gasteiger partial charge in [-0.25, -0.2) is 4.79 Å². The van der Waals surface area contributed by atoms with E-state index >= 15 is 0 Å². The molecule has 0 fully saturated rings. The first-order valence-electron chi connectivity index (χ1n) is 24.8. The molecule has 400 valence electrons. The number of hydrogen-bond donors (Lipinski definition) is 2. The van der Waals surface area contributed by atoms with Gasteiger partial charge in [0.15, 0.2) is 0 Å². The fourth-order valence-corrected chi connectivity index (χ4v) is 8.11. The SMILES string of the molecule is CC[C@H](CC(=O)N(C)c1cc(C)cc(OC)c1Cl)OC(=O)[C@H](C)N(C)C(=O)CCCC(=O)N(C)CCOCCOCCOCCOCCC(=O)NCCC(=O)N1Cc2ccccc2/C(N)=C(/C)c2ccccc21. The molecule has 0 unspecified atom stereocenters. The zero-order valence-corrected chi connectivity index (χ0v) is 44.6. The van der Waals surface area contributed by atoms with Crippen LogP contribution in [0.3, 0.4) is 0 Å². The lowest BCUT2D eigenvalue weighted by molar-refractivity contribution is -0.159. The first-order valence-corrected chi connectivity index (χ1v) is 25.2. The van der Waals surface area contributed by atoms with Gasteiger partial charge in [0.1, 0.15) is 22.9 Å². The van der Waals surface area contributed by atoms with E-state index in [1.165, 1.54) is 24.0 Å². The molecule has 4 rings (SSSR count). The van der Waals surface area contributed by atoms with Crippen LogP contribution in [0.2, 0.25) is 5.02 Å². The number of amides is 5. The standard InChI is InChI=1S/C54H75ClN6O12/c1-9-41(35-51(66)60(7)45-33-37(2)34-46(68-8)52(45)55)73-54(67)39(4)59(6)49(64)20-14-19-48(63)58(5)24-26-70-28-30-72-32-31-71-29-27-69-25-22-47(62)57-23-21-50(65)61-36-40-15-10-11-17-43(40)53(56)38(3)42-16-12-13-18-44(42)61/h10-13,15-18,33-34,39,41H,9,14,19-32,35-36,56H2,1-8H3,(H,57,62)/b53-38+/t39-,41+/m0/s1. The fourth-order valence-electron chi connectivity index (χ4n) is 7.80. The third-order valence-corrected chi connectivity index (χ3v) is 12.9. The smallest absolute Gasteiger partial charge is 0.328 e. The lowest BCUT2D eigenvalue weighted by atomic mass is 9.93. The minimum atomic E-state index is -0.904. The molecule has 19 heteroatoms. The summed E-state index contributed by atoms with van der Waals surface area (Å²) in [5, 5.41) is 3.12. The maximum Gasteiger partial charge on any atom is 0.328 e. The van der Waals surface area contributed by atoms with Crippen LogP contribution in [0, 0.1) is 6.92 Å². The Kier molecular flexibility index (Phi) is 25.2. The average Bonchev–Trinajstić information content (AvgIpc) is 3.38. The number of rotatable bonds is 30. The zero-order valence-electron chi connectivity index (χ0n) is 43.8. The lowest BCUT2D eigenvalue weighted by Gasteiger charge is -2.29. The van der Waals surface area contributed by atoms with Gasteiger partial charge in [0.2, 0.25) is 29.5 Å². The Morgan fingerprint density at radius 2 is 1.37 bits per heavy atom. The summed E-state index contributed by atoms with van der Waals surface area (Å²) in [5.41, 5.74) is 13.0. The summed E-state index contributed by atoms with van der Waals surface area (Å²) < 4.78 is 33.2. The Balaban J connectivity index is 0.975. The van der Waals surface area contributed by atoms with E-state index in [1.54, 1.807) is 49.9 Å². The van der Waals surface area contributed by atoms with Crippen LogP contribution in [0.1, 0.15) is 88.0 Å². The second-order valence-corrected chi connectivity index (χ2v) is 18.1. The summed E-state index contributed by atoms with van der Waals surface area (Å²) in [6, 6.07) is 18.2. The number of ether oxygens (including phenoxy) is 6. The topological polar surface area (TPSA) is 209 Å². The van der Waals surface area contributed by atoms with Gasteiger partial charge in [0.25, 0.3) is 0 Å². The van der Waals surface area contributed by atoms with E-state index in [-0.39, 0.29) is 74.8 Å². The van der Waals surface area contributed by atoms with Crippen molar-refractivity contribution in [2.45, 2.75) is 91.3 Å². The lowest BCUT2D eigenvalue weighted by Crippen LogP contribution is -2.43. The van der Waals surface area contributed by atoms with Crippen molar-refractivity contribution in [3.8, 4) is 5.75 Å². The van der Waals surface area contributed by atoms with Gasteiger partial charge in [-0.2, -0.15) is 0 Å². The zero-order chi connectivity index (χ0) is 53.5. The number of anilines is 2. The molecule has 1 aliphatic heterocycles. The molecule has 3 aromatic carbocycles. The number of carbonyl (C=O) groups excluding carboxylic acids is 6. The summed E-state index contributed by atoms with van der Waals surface area (Å²) in [5.74, 6) is -1.26. The number of hydrogen-bond acceptors (Lipinski definition) is 13. The number of para-hydroxylation sites is 1. The molecule has 0 spiro atoms. The Bertz CT molecular complexity index is 2360. The Morgan fingerprint density at radius 1 is 0.767 bits per heavy atom. The molecule has 0 saturated heterocycles. The molecule has 0 aromatic heterocycles. The summed E-state index contributed by atoms with van der Waals surface area (Å²) in [4.78, 5) is 83.9. The van der Waals surface area contributed by atoms with Gasteiger partial charge in [-0.1, -0.05) is 61.0 Å². The van der Waals surface area contributed by atoms with E-state index in [9.17, 15) is 28.8 Å². The summed E-state index contributed by atoms with van der Waals surface area (Å²) in [7, 11) is 6.27. The van der Waals surface area contributed by atoms with E-state index in [0.717, 1.165) is 33.5 Å². The minimum absolute atomic E-state index is 0.0620. The predicted molar refractivity (Wildman–Crippen MR) is 281 cm³/mol. The van der Waals surface area contributed by atoms with Crippen molar-refractivity contribution in [1.29, 1.82) is 0 Å². The number of carbonyl (C=O) groups is 6. The Hall–Kier alpha value is -6.05. The summed E-state index contributed by atoms with van der Waals surface area (Å²) in [6.45, 7) is 10.7. The van der Waals surface area contributed by atoms with E-state index in [1.807, 2.05) is 62.4 Å². The van der Waals surface area contributed by atoms with Crippen LogP contribution in [0.25, 0.3) is 11.3 Å². The van der Waals surface area contributed by atoms with Crippen molar-refractivity contribution in [1.82, 2.24) is 15.1 Å². The Labute approximate surface area is 435 Å². The van der Waals surface area contributed by atoms with E-state index in [4.69, 9.17) is 45.8 Å². The number of nitrogens with two attached hydrogens (primary N) is 1. The van der Waals surface area contributed by atoms with Crippen LogP contribution >= 0.6 is 11.6 Å². The molecule has 73 heavy (non-hydrogen) atoms. The van der Waals surface area contributed by atoms with E-state index < -0.39 is 18.1 Å². The molecule has 0 radical (unpaired) electrons. The largest absolute Gasteiger partial charge is 0.495 e. The van der Waals surface area contributed by atoms with Crippen molar-refractivity contribution < 1.29 is 57.2 Å². The van der Waals surface area contributed by atoms with Gasteiger partial charge in [-0.15, -0.1) is 0 Å². The van der Waals surface area contributed by atoms with E-state index in [2.05, 4.69) is 5.32 Å². The quantitative estimate of drug-likeness (QED) is 0.0567. The Morgan fingerprint density at radius 3 is 2.03 bits per heavy atom. The van der Waals surface area contributed by atoms with Gasteiger partial charge >= 0.3 is 5.97 Å².